The summed E-state index contributed by atoms with van der Waals surface area (Å²) in [6, 6.07) is 1.97. The summed E-state index contributed by atoms with van der Waals surface area (Å²) >= 11 is 0. The molecular formula is C16H22N4O2. The Morgan fingerprint density at radius 2 is 2.18 bits per heavy atom. The molecule has 3 heterocycles. The zero-order valence-corrected chi connectivity index (χ0v) is 13.6. The lowest BCUT2D eigenvalue weighted by Crippen LogP contribution is -2.32. The van der Waals surface area contributed by atoms with Crippen molar-refractivity contribution in [2.24, 2.45) is 7.05 Å². The Hall–Kier alpha value is -2.11. The highest BCUT2D eigenvalue weighted by Gasteiger charge is 2.32. The molecule has 2 aromatic heterocycles. The third kappa shape index (κ3) is 2.53. The van der Waals surface area contributed by atoms with Gasteiger partial charge in [-0.2, -0.15) is 5.10 Å². The molecule has 0 aromatic carbocycles. The van der Waals surface area contributed by atoms with Crippen LogP contribution in [0.2, 0.25) is 0 Å². The Labute approximate surface area is 130 Å². The number of rotatable bonds is 3. The fourth-order valence-corrected chi connectivity index (χ4v) is 3.24. The zero-order valence-electron chi connectivity index (χ0n) is 13.6. The Morgan fingerprint density at radius 3 is 2.77 bits per heavy atom. The van der Waals surface area contributed by atoms with Gasteiger partial charge < -0.3 is 9.42 Å². The fraction of sp³-hybridized carbons (Fsp3) is 0.562. The van der Waals surface area contributed by atoms with E-state index in [0.717, 1.165) is 47.8 Å². The minimum absolute atomic E-state index is 0.0437. The van der Waals surface area contributed by atoms with Gasteiger partial charge in [-0.25, -0.2) is 0 Å². The summed E-state index contributed by atoms with van der Waals surface area (Å²) < 4.78 is 7.00. The predicted molar refractivity (Wildman–Crippen MR) is 81.3 cm³/mol. The molecule has 0 unspecified atom stereocenters. The van der Waals surface area contributed by atoms with Gasteiger partial charge in [0.25, 0.3) is 0 Å². The highest BCUT2D eigenvalue weighted by Crippen LogP contribution is 2.32. The van der Waals surface area contributed by atoms with Crippen molar-refractivity contribution in [2.45, 2.75) is 46.1 Å². The lowest BCUT2D eigenvalue weighted by Gasteiger charge is -2.23. The van der Waals surface area contributed by atoms with Crippen LogP contribution in [-0.4, -0.2) is 32.3 Å². The van der Waals surface area contributed by atoms with Crippen LogP contribution >= 0.6 is 0 Å². The first-order chi connectivity index (χ1) is 10.5. The van der Waals surface area contributed by atoms with Gasteiger partial charge in [-0.1, -0.05) is 5.16 Å². The highest BCUT2D eigenvalue weighted by molar-refractivity contribution is 5.80. The van der Waals surface area contributed by atoms with Crippen molar-refractivity contribution in [3.8, 4) is 0 Å². The molecule has 0 radical (unpaired) electrons. The first-order valence-electron chi connectivity index (χ1n) is 7.69. The van der Waals surface area contributed by atoms with Crippen LogP contribution in [0.3, 0.4) is 0 Å². The standard InChI is InChI=1S/C16H22N4O2/c1-10-8-14(18-22-10)15-6-5-7-20(15)16(21)9-13-11(2)17-19(4)12(13)3/h8,15H,5-7,9H2,1-4H3/t15-/m1/s1. The monoisotopic (exact) mass is 302 g/mol. The molecule has 0 saturated carbocycles. The number of amides is 1. The summed E-state index contributed by atoms with van der Waals surface area (Å²) in [6.07, 6.45) is 2.36. The SMILES string of the molecule is Cc1cc([C@H]2CCCN2C(=O)Cc2c(C)nn(C)c2C)no1. The van der Waals surface area contributed by atoms with E-state index in [1.54, 1.807) is 0 Å². The number of hydrogen-bond acceptors (Lipinski definition) is 4. The second-order valence-corrected chi connectivity index (χ2v) is 6.06. The van der Waals surface area contributed by atoms with E-state index in [2.05, 4.69) is 10.3 Å². The van der Waals surface area contributed by atoms with Crippen molar-refractivity contribution < 1.29 is 9.32 Å². The second kappa shape index (κ2) is 5.59. The van der Waals surface area contributed by atoms with Crippen LogP contribution in [-0.2, 0) is 18.3 Å². The molecule has 0 spiro atoms. The zero-order chi connectivity index (χ0) is 15.9. The molecule has 1 aliphatic rings. The van der Waals surface area contributed by atoms with Gasteiger partial charge in [-0.05, 0) is 33.6 Å². The molecule has 1 aliphatic heterocycles. The van der Waals surface area contributed by atoms with Gasteiger partial charge in [0.2, 0.25) is 5.91 Å². The minimum atomic E-state index is 0.0437. The van der Waals surface area contributed by atoms with Crippen molar-refractivity contribution in [3.63, 3.8) is 0 Å². The van der Waals surface area contributed by atoms with Crippen LogP contribution < -0.4 is 0 Å². The molecule has 3 rings (SSSR count). The lowest BCUT2D eigenvalue weighted by atomic mass is 10.1. The quantitative estimate of drug-likeness (QED) is 0.872. The second-order valence-electron chi connectivity index (χ2n) is 6.06. The maximum absolute atomic E-state index is 12.7. The van der Waals surface area contributed by atoms with E-state index in [0.29, 0.717) is 6.42 Å². The van der Waals surface area contributed by atoms with Gasteiger partial charge in [0.05, 0.1) is 18.2 Å². The molecule has 118 valence electrons. The van der Waals surface area contributed by atoms with Gasteiger partial charge in [-0.3, -0.25) is 9.48 Å². The molecule has 0 aliphatic carbocycles. The summed E-state index contributed by atoms with van der Waals surface area (Å²) in [7, 11) is 1.91. The molecule has 2 aromatic rings. The van der Waals surface area contributed by atoms with E-state index in [1.165, 1.54) is 0 Å². The summed E-state index contributed by atoms with van der Waals surface area (Å²) in [6.45, 7) is 6.62. The number of hydrogen-bond donors (Lipinski definition) is 0. The van der Waals surface area contributed by atoms with Crippen LogP contribution in [0, 0.1) is 20.8 Å². The van der Waals surface area contributed by atoms with Crippen molar-refractivity contribution in [1.29, 1.82) is 0 Å². The number of aryl methyl sites for hydroxylation is 3. The molecular weight excluding hydrogens is 280 g/mol. The average molecular weight is 302 g/mol. The molecule has 1 saturated heterocycles. The smallest absolute Gasteiger partial charge is 0.227 e. The van der Waals surface area contributed by atoms with E-state index in [-0.39, 0.29) is 11.9 Å². The van der Waals surface area contributed by atoms with Crippen LogP contribution in [0.5, 0.6) is 0 Å². The van der Waals surface area contributed by atoms with Crippen LogP contribution in [0.1, 0.15) is 47.3 Å². The predicted octanol–water partition coefficient (Wildman–Crippen LogP) is 2.24. The highest BCUT2D eigenvalue weighted by atomic mass is 16.5. The average Bonchev–Trinajstić information content (AvgIpc) is 3.15. The van der Waals surface area contributed by atoms with E-state index in [1.807, 2.05) is 43.5 Å². The van der Waals surface area contributed by atoms with E-state index >= 15 is 0 Å². The van der Waals surface area contributed by atoms with Gasteiger partial charge in [0.1, 0.15) is 11.5 Å². The van der Waals surface area contributed by atoms with Crippen molar-refractivity contribution in [2.75, 3.05) is 6.54 Å². The summed E-state index contributed by atoms with van der Waals surface area (Å²) in [5.41, 5.74) is 3.89. The molecule has 1 fully saturated rings. The summed E-state index contributed by atoms with van der Waals surface area (Å²) in [4.78, 5) is 14.7. The number of nitrogens with zero attached hydrogens (tertiary/aromatic N) is 4. The van der Waals surface area contributed by atoms with Gasteiger partial charge in [0.15, 0.2) is 0 Å². The number of carbonyl (C=O) groups excluding carboxylic acids is 1. The first kappa shape index (κ1) is 14.8. The number of aromatic nitrogens is 3. The third-order valence-corrected chi connectivity index (χ3v) is 4.55. The molecule has 6 nitrogen and oxygen atoms in total. The normalized spacial score (nSPS) is 18.2. The summed E-state index contributed by atoms with van der Waals surface area (Å²) in [5.74, 6) is 0.926. The Bertz CT molecular complexity index is 701. The van der Waals surface area contributed by atoms with Crippen LogP contribution in [0.15, 0.2) is 10.6 Å². The van der Waals surface area contributed by atoms with Gasteiger partial charge in [-0.15, -0.1) is 0 Å². The summed E-state index contributed by atoms with van der Waals surface area (Å²) in [5, 5.41) is 8.48. The van der Waals surface area contributed by atoms with Gasteiger partial charge in [0, 0.05) is 30.9 Å². The van der Waals surface area contributed by atoms with E-state index < -0.39 is 0 Å². The molecule has 1 atom stereocenters. The molecule has 6 heteroatoms. The van der Waals surface area contributed by atoms with Crippen molar-refractivity contribution >= 4 is 5.91 Å². The van der Waals surface area contributed by atoms with E-state index in [9.17, 15) is 4.79 Å². The Balaban J connectivity index is 1.79. The lowest BCUT2D eigenvalue weighted by molar-refractivity contribution is -0.131. The molecule has 0 bridgehead atoms. The Kier molecular flexibility index (Phi) is 3.76. The topological polar surface area (TPSA) is 64.2 Å². The Morgan fingerprint density at radius 1 is 1.41 bits per heavy atom. The maximum atomic E-state index is 12.7. The van der Waals surface area contributed by atoms with Crippen molar-refractivity contribution in [1.82, 2.24) is 19.8 Å². The molecule has 0 N–H and O–H groups in total. The van der Waals surface area contributed by atoms with E-state index in [4.69, 9.17) is 4.52 Å². The van der Waals surface area contributed by atoms with Crippen molar-refractivity contribution in [3.05, 3.63) is 34.5 Å². The minimum Gasteiger partial charge on any atom is -0.361 e. The van der Waals surface area contributed by atoms with Gasteiger partial charge >= 0.3 is 0 Å². The molecule has 22 heavy (non-hydrogen) atoms. The number of carbonyl (C=O) groups is 1. The fourth-order valence-electron chi connectivity index (χ4n) is 3.24. The maximum Gasteiger partial charge on any atom is 0.227 e. The third-order valence-electron chi connectivity index (χ3n) is 4.55. The molecule has 1 amide bonds. The van der Waals surface area contributed by atoms with Crippen LogP contribution in [0.4, 0.5) is 0 Å². The first-order valence-corrected chi connectivity index (χ1v) is 7.69. The van der Waals surface area contributed by atoms with Crippen LogP contribution in [0.25, 0.3) is 0 Å². The largest absolute Gasteiger partial charge is 0.361 e. The number of likely N-dealkylation sites (tertiary alicyclic amines) is 1.